The summed E-state index contributed by atoms with van der Waals surface area (Å²) in [7, 11) is -0.640. The van der Waals surface area contributed by atoms with Crippen LogP contribution in [0.25, 0.3) is 0 Å². The second kappa shape index (κ2) is 15.6. The molecule has 1 aliphatic rings. The Morgan fingerprint density at radius 2 is 0.838 bits per heavy atom. The van der Waals surface area contributed by atoms with Gasteiger partial charge in [0.15, 0.2) is 0 Å². The summed E-state index contributed by atoms with van der Waals surface area (Å²) < 4.78 is 3.54. The molecular formula is C34H35NPRh. The average molecular weight is 592 g/mol. The molecule has 1 aliphatic carbocycles. The van der Waals surface area contributed by atoms with Crippen LogP contribution in [0.4, 0.5) is 0 Å². The van der Waals surface area contributed by atoms with Crippen LogP contribution in [-0.4, -0.2) is 0 Å². The fourth-order valence-electron chi connectivity index (χ4n) is 4.60. The third-order valence-corrected chi connectivity index (χ3v) is 9.77. The van der Waals surface area contributed by atoms with Gasteiger partial charge in [-0.25, -0.2) is 0 Å². The van der Waals surface area contributed by atoms with Crippen molar-refractivity contribution < 1.29 is 18.5 Å². The normalized spacial score (nSPS) is 16.4. The maximum atomic E-state index is 3.54. The zero-order valence-electron chi connectivity index (χ0n) is 21.1. The molecule has 0 bridgehead atoms. The Kier molecular flexibility index (Phi) is 11.5. The van der Waals surface area contributed by atoms with E-state index in [0.29, 0.717) is 0 Å². The van der Waals surface area contributed by atoms with Crippen LogP contribution in [0.2, 0.25) is 0 Å². The van der Waals surface area contributed by atoms with Crippen molar-refractivity contribution in [3.63, 3.8) is 0 Å². The van der Waals surface area contributed by atoms with Crippen molar-refractivity contribution in [3.05, 3.63) is 157 Å². The van der Waals surface area contributed by atoms with E-state index >= 15 is 0 Å². The summed E-state index contributed by atoms with van der Waals surface area (Å²) in [6.07, 6.45) is 14.0. The fourth-order valence-corrected chi connectivity index (χ4v) is 8.29. The first-order valence-electron chi connectivity index (χ1n) is 13.0. The number of rotatable bonds is 7. The first-order valence-corrected chi connectivity index (χ1v) is 15.2. The predicted octanol–water partition coefficient (Wildman–Crippen LogP) is 8.33. The molecule has 1 nitrogen and oxygen atoms in total. The Hall–Kier alpha value is -2.63. The van der Waals surface area contributed by atoms with E-state index in [4.69, 9.17) is 0 Å². The van der Waals surface area contributed by atoms with Gasteiger partial charge < -0.3 is 0 Å². The van der Waals surface area contributed by atoms with Crippen molar-refractivity contribution in [2.75, 3.05) is 0 Å². The molecule has 0 fully saturated rings. The number of benzene rings is 4. The summed E-state index contributed by atoms with van der Waals surface area (Å²) in [5.74, 6) is 0. The Morgan fingerprint density at radius 3 is 1.22 bits per heavy atom. The number of nitrogens with one attached hydrogen (secondary N) is 1. The van der Waals surface area contributed by atoms with Crippen LogP contribution in [0.15, 0.2) is 146 Å². The Bertz CT molecular complexity index is 1140. The zero-order valence-corrected chi connectivity index (χ0v) is 23.7. The van der Waals surface area contributed by atoms with Gasteiger partial charge in [0, 0.05) is 0 Å². The first-order chi connectivity index (χ1) is 18.4. The van der Waals surface area contributed by atoms with E-state index in [2.05, 4.69) is 168 Å². The van der Waals surface area contributed by atoms with Crippen molar-refractivity contribution >= 4 is 18.5 Å². The van der Waals surface area contributed by atoms with E-state index in [1.54, 1.807) is 0 Å². The maximum absolute atomic E-state index is 3.54. The number of hydrogen-bond acceptors (Lipinski definition) is 1. The summed E-state index contributed by atoms with van der Waals surface area (Å²) >= 11 is 2.99. The van der Waals surface area contributed by atoms with Gasteiger partial charge in [-0.1, -0.05) is 24.3 Å². The van der Waals surface area contributed by atoms with Crippen LogP contribution >= 0.6 is 7.92 Å². The molecule has 37 heavy (non-hydrogen) atoms. The van der Waals surface area contributed by atoms with Crippen LogP contribution in [0.3, 0.4) is 0 Å². The minimum atomic E-state index is -0.640. The Morgan fingerprint density at radius 1 is 0.486 bits per heavy atom. The van der Waals surface area contributed by atoms with Gasteiger partial charge in [-0.05, 0) is 25.7 Å². The van der Waals surface area contributed by atoms with Crippen LogP contribution in [-0.2, 0) is 18.5 Å². The van der Waals surface area contributed by atoms with Crippen LogP contribution in [0.5, 0.6) is 0 Å². The molecule has 0 saturated heterocycles. The molecule has 5 rings (SSSR count). The molecule has 0 unspecified atom stereocenters. The molecule has 0 aliphatic heterocycles. The molecule has 3 heteroatoms. The molecule has 0 spiro atoms. The van der Waals surface area contributed by atoms with Crippen molar-refractivity contribution in [3.8, 4) is 0 Å². The molecular weight excluding hydrogens is 556 g/mol. The van der Waals surface area contributed by atoms with Crippen molar-refractivity contribution in [2.24, 2.45) is 0 Å². The van der Waals surface area contributed by atoms with Crippen molar-refractivity contribution in [1.29, 1.82) is 0 Å². The van der Waals surface area contributed by atoms with Gasteiger partial charge >= 0.3 is 185 Å². The molecule has 4 aromatic rings. The second-order valence-electron chi connectivity index (χ2n) is 8.98. The SMILES string of the molecule is C1=C\CC/C=C\CC/1.[Rh][NH][C@H](c1ccccc1)[C@@H](c1ccccc1)P(c1ccccc1)c1ccccc1. The quantitative estimate of drug-likeness (QED) is 0.130. The average Bonchev–Trinajstić information content (AvgIpc) is 2.95. The summed E-state index contributed by atoms with van der Waals surface area (Å²) in [5, 5.41) is 2.78. The standard InChI is InChI=1S/C26H23NP.C8H12.Rh/c27-25(21-13-5-1-6-14-21)26(22-15-7-2-8-16-22)28(23-17-9-3-10-18-23)24-19-11-4-12-20-24;1-2-4-6-8-7-5-3-1;/h1-20,25-27H;1-2,7-8H,3-6H2;/q-1;;+1/b;2-1-,8-7-;/t25-,26-;;/m1../s1. The van der Waals surface area contributed by atoms with Crippen molar-refractivity contribution in [1.82, 2.24) is 4.06 Å². The molecule has 0 heterocycles. The third-order valence-electron chi connectivity index (χ3n) is 6.40. The third kappa shape index (κ3) is 8.18. The van der Waals surface area contributed by atoms with Crippen LogP contribution in [0.1, 0.15) is 48.5 Å². The Labute approximate surface area is 234 Å². The van der Waals surface area contributed by atoms with Gasteiger partial charge in [-0.15, -0.1) is 0 Å². The van der Waals surface area contributed by atoms with Gasteiger partial charge in [-0.3, -0.25) is 0 Å². The fraction of sp³-hybridized carbons (Fsp3) is 0.176. The van der Waals surface area contributed by atoms with Gasteiger partial charge in [0.2, 0.25) is 0 Å². The van der Waals surface area contributed by atoms with Gasteiger partial charge in [0.1, 0.15) is 0 Å². The van der Waals surface area contributed by atoms with E-state index in [1.807, 2.05) is 0 Å². The first kappa shape index (κ1) is 27.4. The van der Waals surface area contributed by atoms with Gasteiger partial charge in [0.25, 0.3) is 0 Å². The molecule has 1 N–H and O–H groups in total. The van der Waals surface area contributed by atoms with Crippen LogP contribution in [0, 0.1) is 0 Å². The second-order valence-corrected chi connectivity index (χ2v) is 11.8. The Balaban J connectivity index is 0.000000342. The van der Waals surface area contributed by atoms with Crippen LogP contribution < -0.4 is 14.7 Å². The molecule has 0 aromatic heterocycles. The minimum absolute atomic E-state index is 0.164. The van der Waals surface area contributed by atoms with E-state index < -0.39 is 7.92 Å². The molecule has 0 amide bonds. The molecule has 190 valence electrons. The molecule has 0 radical (unpaired) electrons. The molecule has 0 saturated carbocycles. The molecule has 4 aromatic carbocycles. The molecule has 2 atom stereocenters. The predicted molar refractivity (Wildman–Crippen MR) is 157 cm³/mol. The zero-order chi connectivity index (χ0) is 25.5. The topological polar surface area (TPSA) is 12.0 Å². The van der Waals surface area contributed by atoms with E-state index in [9.17, 15) is 0 Å². The van der Waals surface area contributed by atoms with Gasteiger partial charge in [0.05, 0.1) is 0 Å². The summed E-state index contributed by atoms with van der Waals surface area (Å²) in [5.41, 5.74) is 2.93. The van der Waals surface area contributed by atoms with E-state index in [0.717, 1.165) is 0 Å². The van der Waals surface area contributed by atoms with E-state index in [1.165, 1.54) is 47.4 Å². The van der Waals surface area contributed by atoms with Crippen molar-refractivity contribution in [2.45, 2.75) is 37.4 Å². The van der Waals surface area contributed by atoms with Gasteiger partial charge in [-0.2, -0.15) is 0 Å². The summed E-state index contributed by atoms with van der Waals surface area (Å²) in [6.45, 7) is 0. The monoisotopic (exact) mass is 591 g/mol. The summed E-state index contributed by atoms with van der Waals surface area (Å²) in [4.78, 5) is 0. The van der Waals surface area contributed by atoms with E-state index in [-0.39, 0.29) is 11.7 Å². The summed E-state index contributed by atoms with van der Waals surface area (Å²) in [6, 6.07) is 43.8. The number of allylic oxidation sites excluding steroid dienone is 4. The number of hydrogen-bond donors (Lipinski definition) is 1.